The van der Waals surface area contributed by atoms with Crippen molar-refractivity contribution in [3.05, 3.63) is 22.5 Å². The van der Waals surface area contributed by atoms with Crippen molar-refractivity contribution in [3.8, 4) is 0 Å². The summed E-state index contributed by atoms with van der Waals surface area (Å²) in [5, 5.41) is 0.487. The van der Waals surface area contributed by atoms with Crippen LogP contribution in [0.15, 0.2) is 6.07 Å². The molecule has 0 unspecified atom stereocenters. The standard InChI is InChI=1S/C7H6ClFN.Hg.HI/c1-4-2-5(8)7(10)3-6(4)9;;/h2H,10H2,1H3;;1H/q;+1;/p-1. The Balaban J connectivity index is 3.42. The van der Waals surface area contributed by atoms with Gasteiger partial charge in [-0.15, -0.1) is 0 Å². The Labute approximate surface area is 96.7 Å². The SMILES string of the molecule is Cc1cc(Cl)c(N)[c]([Hg][I])c1F. The van der Waals surface area contributed by atoms with Gasteiger partial charge in [-0.3, -0.25) is 0 Å². The first-order valence-electron chi connectivity index (χ1n) is 3.36. The molecule has 0 aromatic heterocycles. The normalized spacial score (nSPS) is 9.67. The van der Waals surface area contributed by atoms with Gasteiger partial charge >= 0.3 is 97.8 Å². The molecule has 1 rings (SSSR count). The van der Waals surface area contributed by atoms with Crippen LogP contribution in [0.5, 0.6) is 0 Å². The van der Waals surface area contributed by atoms with Gasteiger partial charge in [-0.05, 0) is 0 Å². The van der Waals surface area contributed by atoms with Gasteiger partial charge in [-0.25, -0.2) is 0 Å². The monoisotopic (exact) mass is 487 g/mol. The second kappa shape index (κ2) is 4.42. The van der Waals surface area contributed by atoms with Crippen LogP contribution in [-0.4, -0.2) is 0 Å². The van der Waals surface area contributed by atoms with Crippen LogP contribution in [0.3, 0.4) is 0 Å². The van der Waals surface area contributed by atoms with Crippen molar-refractivity contribution in [1.29, 1.82) is 0 Å². The Morgan fingerprint density at radius 1 is 1.67 bits per heavy atom. The number of anilines is 1. The number of hydrogen-bond acceptors (Lipinski definition) is 1. The van der Waals surface area contributed by atoms with Crippen LogP contribution in [-0.2, 0) is 20.2 Å². The van der Waals surface area contributed by atoms with Crippen molar-refractivity contribution in [2.24, 2.45) is 0 Å². The fourth-order valence-corrected chi connectivity index (χ4v) is 11.1. The van der Waals surface area contributed by atoms with Gasteiger partial charge in [0.05, 0.1) is 0 Å². The number of aryl methyl sites for hydroxylation is 1. The zero-order chi connectivity index (χ0) is 9.30. The summed E-state index contributed by atoms with van der Waals surface area (Å²) >= 11 is 6.77. The first-order valence-corrected chi connectivity index (χ1v) is 22.0. The van der Waals surface area contributed by atoms with E-state index in [1.165, 1.54) is 0 Å². The molecule has 0 saturated heterocycles. The van der Waals surface area contributed by atoms with E-state index < -0.39 is 20.2 Å². The van der Waals surface area contributed by atoms with Gasteiger partial charge in [0.2, 0.25) is 0 Å². The third-order valence-electron chi connectivity index (χ3n) is 1.67. The van der Waals surface area contributed by atoms with Gasteiger partial charge in [0.25, 0.3) is 0 Å². The summed E-state index contributed by atoms with van der Waals surface area (Å²) in [7, 11) is 0. The van der Waals surface area contributed by atoms with Crippen molar-refractivity contribution in [1.82, 2.24) is 0 Å². The van der Waals surface area contributed by atoms with E-state index in [1.54, 1.807) is 13.0 Å². The molecule has 5 heteroatoms. The quantitative estimate of drug-likeness (QED) is 0.369. The summed E-state index contributed by atoms with van der Waals surface area (Å²) in [5.41, 5.74) is 6.69. The number of nitrogens with two attached hydrogens (primary N) is 1. The Bertz CT molecular complexity index is 293. The molecule has 0 amide bonds. The van der Waals surface area contributed by atoms with E-state index in [4.69, 9.17) is 17.3 Å². The number of hydrogen-bond donors (Lipinski definition) is 1. The topological polar surface area (TPSA) is 26.0 Å². The second-order valence-corrected chi connectivity index (χ2v) is 13.4. The molecule has 1 aromatic carbocycles. The van der Waals surface area contributed by atoms with E-state index in [-0.39, 0.29) is 5.82 Å². The summed E-state index contributed by atoms with van der Waals surface area (Å²) in [6.45, 7) is 1.71. The third kappa shape index (κ3) is 2.04. The van der Waals surface area contributed by atoms with Crippen LogP contribution in [0, 0.1) is 12.7 Å². The maximum absolute atomic E-state index is 13.4. The summed E-state index contributed by atoms with van der Waals surface area (Å²) in [6.07, 6.45) is 0. The summed E-state index contributed by atoms with van der Waals surface area (Å²) < 4.78 is 14.1. The molecule has 0 atom stereocenters. The van der Waals surface area contributed by atoms with E-state index >= 15 is 0 Å². The van der Waals surface area contributed by atoms with Crippen LogP contribution in [0.25, 0.3) is 0 Å². The van der Waals surface area contributed by atoms with Crippen LogP contribution in [0.2, 0.25) is 5.02 Å². The molecule has 0 bridgehead atoms. The fraction of sp³-hybridized carbons (Fsp3) is 0.143. The molecule has 2 N–H and O–H groups in total. The summed E-state index contributed by atoms with van der Waals surface area (Å²) in [5.74, 6) is -0.145. The number of halogens is 3. The first kappa shape index (κ1) is 11.0. The van der Waals surface area contributed by atoms with Gasteiger partial charge in [-0.2, -0.15) is 0 Å². The fourth-order valence-electron chi connectivity index (χ4n) is 0.962. The van der Waals surface area contributed by atoms with Crippen LogP contribution >= 0.6 is 29.3 Å². The van der Waals surface area contributed by atoms with Gasteiger partial charge in [-0.1, -0.05) is 0 Å². The number of benzene rings is 1. The van der Waals surface area contributed by atoms with Crippen molar-refractivity contribution < 1.29 is 24.6 Å². The van der Waals surface area contributed by atoms with Gasteiger partial charge in [0, 0.05) is 0 Å². The maximum atomic E-state index is 13.4. The Hall–Kier alpha value is 0.905. The molecule has 62 valence electrons. The van der Waals surface area contributed by atoms with Crippen molar-refractivity contribution in [2.45, 2.75) is 6.92 Å². The molecule has 0 fully saturated rings. The van der Waals surface area contributed by atoms with E-state index in [0.717, 1.165) is 3.07 Å². The van der Waals surface area contributed by atoms with E-state index in [0.29, 0.717) is 16.3 Å². The molecule has 0 aliphatic heterocycles. The molecule has 12 heavy (non-hydrogen) atoms. The van der Waals surface area contributed by atoms with Crippen LogP contribution in [0.1, 0.15) is 5.56 Å². The molecule has 0 radical (unpaired) electrons. The average Bonchev–Trinajstić information content (AvgIpc) is 2.02. The number of rotatable bonds is 1. The van der Waals surface area contributed by atoms with Gasteiger partial charge in [0.1, 0.15) is 0 Å². The minimum atomic E-state index is -1.32. The first-order chi connectivity index (χ1) is 5.57. The number of nitrogen functional groups attached to an aromatic ring is 1. The zero-order valence-corrected chi connectivity index (χ0v) is 14.9. The van der Waals surface area contributed by atoms with Crippen molar-refractivity contribution >= 4 is 38.0 Å². The Kier molecular flexibility index (Phi) is 4.04. The molecule has 0 heterocycles. The predicted octanol–water partition coefficient (Wildman–Crippen LogP) is 2.43. The van der Waals surface area contributed by atoms with E-state index in [2.05, 4.69) is 17.7 Å². The predicted molar refractivity (Wildman–Crippen MR) is 54.2 cm³/mol. The van der Waals surface area contributed by atoms with Crippen molar-refractivity contribution in [2.75, 3.05) is 5.73 Å². The molecule has 1 nitrogen and oxygen atoms in total. The molecular formula is C7H6ClFHgIN. The van der Waals surface area contributed by atoms with E-state index in [1.807, 2.05) is 0 Å². The molecule has 0 aliphatic rings. The molecule has 0 spiro atoms. The van der Waals surface area contributed by atoms with Crippen LogP contribution in [0.4, 0.5) is 10.1 Å². The Morgan fingerprint density at radius 2 is 2.25 bits per heavy atom. The third-order valence-corrected chi connectivity index (χ3v) is 12.4. The summed E-state index contributed by atoms with van der Waals surface area (Å²) in [4.78, 5) is 0. The molecule has 1 aromatic rings. The zero-order valence-electron chi connectivity index (χ0n) is 6.50. The van der Waals surface area contributed by atoms with Gasteiger partial charge in [0.15, 0.2) is 0 Å². The van der Waals surface area contributed by atoms with E-state index in [9.17, 15) is 4.39 Å². The summed E-state index contributed by atoms with van der Waals surface area (Å²) in [6, 6.07) is 1.58. The second-order valence-electron chi connectivity index (χ2n) is 2.52. The minimum absolute atomic E-state index is 0.145. The average molecular weight is 486 g/mol. The van der Waals surface area contributed by atoms with Crippen LogP contribution < -0.4 is 8.81 Å². The molecular weight excluding hydrogens is 480 g/mol. The van der Waals surface area contributed by atoms with Gasteiger partial charge < -0.3 is 0 Å². The molecule has 0 saturated carbocycles. The van der Waals surface area contributed by atoms with Crippen molar-refractivity contribution in [3.63, 3.8) is 0 Å². The molecule has 0 aliphatic carbocycles. The Morgan fingerprint density at radius 3 is 2.75 bits per heavy atom.